The van der Waals surface area contributed by atoms with Crippen LogP contribution < -0.4 is 29.1 Å². The van der Waals surface area contributed by atoms with Gasteiger partial charge in [0, 0.05) is 0 Å². The molecule has 222 valence electrons. The van der Waals surface area contributed by atoms with Crippen LogP contribution in [0.25, 0.3) is 6.08 Å². The highest BCUT2D eigenvalue weighted by Gasteiger charge is 2.33. The lowest BCUT2D eigenvalue weighted by atomic mass is 9.96. The van der Waals surface area contributed by atoms with Gasteiger partial charge >= 0.3 is 11.9 Å². The summed E-state index contributed by atoms with van der Waals surface area (Å²) in [6.45, 7) is 7.57. The maximum Gasteiger partial charge on any atom is 0.344 e. The zero-order chi connectivity index (χ0) is 30.4. The molecule has 0 saturated heterocycles. The molecule has 0 N–H and O–H groups in total. The number of thiazole rings is 1. The van der Waals surface area contributed by atoms with Crippen LogP contribution in [-0.4, -0.2) is 50.0 Å². The highest BCUT2D eigenvalue weighted by atomic mass is 79.9. The van der Waals surface area contributed by atoms with Gasteiger partial charge in [-0.3, -0.25) is 9.36 Å². The monoisotopic (exact) mass is 658 g/mol. The number of aromatic nitrogens is 1. The molecule has 42 heavy (non-hydrogen) atoms. The summed E-state index contributed by atoms with van der Waals surface area (Å²) in [6.07, 6.45) is 1.73. The number of methoxy groups -OCH3 is 1. The van der Waals surface area contributed by atoms with Gasteiger partial charge in [-0.15, -0.1) is 0 Å². The SMILES string of the molecule is CCOC(=O)COc1ccc(/C=c2\sc3n(c2=O)[C@@H](c2ccc(OC)c(Br)c2)C(C(=O)OCC)=C(C)N=3)cc1OCC. The van der Waals surface area contributed by atoms with E-state index in [1.165, 1.54) is 15.9 Å². The number of allylic oxidation sites excluding steroid dienone is 1. The maximum absolute atomic E-state index is 13.9. The van der Waals surface area contributed by atoms with E-state index in [0.29, 0.717) is 54.5 Å². The Morgan fingerprint density at radius 3 is 2.40 bits per heavy atom. The van der Waals surface area contributed by atoms with Crippen molar-refractivity contribution in [3.05, 3.63) is 83.0 Å². The molecule has 0 bridgehead atoms. The molecule has 1 aromatic heterocycles. The smallest absolute Gasteiger partial charge is 0.344 e. The number of carbonyl (C=O) groups excluding carboxylic acids is 2. The third-order valence-corrected chi connectivity index (χ3v) is 7.83. The van der Waals surface area contributed by atoms with Crippen molar-refractivity contribution in [1.82, 2.24) is 4.57 Å². The third-order valence-electron chi connectivity index (χ3n) is 6.22. The lowest BCUT2D eigenvalue weighted by Gasteiger charge is -2.25. The number of fused-ring (bicyclic) bond motifs is 1. The average molecular weight is 660 g/mol. The highest BCUT2D eigenvalue weighted by molar-refractivity contribution is 9.10. The van der Waals surface area contributed by atoms with Gasteiger partial charge in [0.15, 0.2) is 22.9 Å². The average Bonchev–Trinajstić information content (AvgIpc) is 3.26. The van der Waals surface area contributed by atoms with Gasteiger partial charge in [0.25, 0.3) is 5.56 Å². The summed E-state index contributed by atoms with van der Waals surface area (Å²) in [5.41, 5.74) is 1.81. The normalized spacial score (nSPS) is 14.6. The van der Waals surface area contributed by atoms with Gasteiger partial charge in [0.2, 0.25) is 0 Å². The van der Waals surface area contributed by atoms with E-state index in [-0.39, 0.29) is 31.0 Å². The second kappa shape index (κ2) is 13.8. The number of carbonyl (C=O) groups is 2. The quantitative estimate of drug-likeness (QED) is 0.285. The van der Waals surface area contributed by atoms with Gasteiger partial charge < -0.3 is 23.7 Å². The van der Waals surface area contributed by atoms with Gasteiger partial charge in [-0.1, -0.05) is 23.5 Å². The second-order valence-corrected chi connectivity index (χ2v) is 10.8. The molecule has 1 atom stereocenters. The number of hydrogen-bond acceptors (Lipinski definition) is 10. The number of rotatable bonds is 11. The summed E-state index contributed by atoms with van der Waals surface area (Å²) in [6, 6.07) is 9.81. The summed E-state index contributed by atoms with van der Waals surface area (Å²) in [4.78, 5) is 43.9. The Labute approximate surface area is 255 Å². The van der Waals surface area contributed by atoms with Crippen molar-refractivity contribution in [3.8, 4) is 17.2 Å². The molecule has 0 amide bonds. The first-order chi connectivity index (χ1) is 20.2. The number of benzene rings is 2. The van der Waals surface area contributed by atoms with Crippen LogP contribution in [0.1, 0.15) is 44.9 Å². The van der Waals surface area contributed by atoms with E-state index in [2.05, 4.69) is 20.9 Å². The van der Waals surface area contributed by atoms with Crippen molar-refractivity contribution in [3.63, 3.8) is 0 Å². The van der Waals surface area contributed by atoms with Crippen molar-refractivity contribution < 1.29 is 33.3 Å². The molecule has 12 heteroatoms. The molecule has 1 aliphatic heterocycles. The minimum Gasteiger partial charge on any atom is -0.496 e. The predicted octanol–water partition coefficient (Wildman–Crippen LogP) is 3.91. The zero-order valence-electron chi connectivity index (χ0n) is 23.9. The van der Waals surface area contributed by atoms with Gasteiger partial charge in [0.1, 0.15) is 5.75 Å². The topological polar surface area (TPSA) is 115 Å². The first-order valence-corrected chi connectivity index (χ1v) is 14.9. The number of ether oxygens (including phenoxy) is 5. The second-order valence-electron chi connectivity index (χ2n) is 8.93. The number of halogens is 1. The van der Waals surface area contributed by atoms with E-state index in [1.807, 2.05) is 19.1 Å². The van der Waals surface area contributed by atoms with Crippen molar-refractivity contribution in [2.75, 3.05) is 33.5 Å². The Kier molecular flexibility index (Phi) is 10.2. The van der Waals surface area contributed by atoms with Crippen LogP contribution in [-0.2, 0) is 19.1 Å². The number of hydrogen-bond donors (Lipinski definition) is 0. The molecule has 3 aromatic rings. The summed E-state index contributed by atoms with van der Waals surface area (Å²) in [7, 11) is 1.56. The minimum atomic E-state index is -0.762. The predicted molar refractivity (Wildman–Crippen MR) is 161 cm³/mol. The van der Waals surface area contributed by atoms with E-state index in [1.54, 1.807) is 58.2 Å². The Morgan fingerprint density at radius 2 is 1.74 bits per heavy atom. The lowest BCUT2D eigenvalue weighted by molar-refractivity contribution is -0.145. The zero-order valence-corrected chi connectivity index (χ0v) is 26.3. The fourth-order valence-electron chi connectivity index (χ4n) is 4.45. The molecule has 2 heterocycles. The van der Waals surface area contributed by atoms with Crippen LogP contribution in [0.5, 0.6) is 17.2 Å². The summed E-state index contributed by atoms with van der Waals surface area (Å²) >= 11 is 4.73. The Morgan fingerprint density at radius 1 is 1.00 bits per heavy atom. The van der Waals surface area contributed by atoms with Crippen molar-refractivity contribution >= 4 is 45.3 Å². The Balaban J connectivity index is 1.82. The number of nitrogens with zero attached hydrogens (tertiary/aromatic N) is 2. The van der Waals surface area contributed by atoms with Crippen LogP contribution in [0.4, 0.5) is 0 Å². The van der Waals surface area contributed by atoms with E-state index >= 15 is 0 Å². The standard InChI is InChI=1S/C30H31BrN2O8S/c1-6-38-23-13-18(9-11-22(23)41-16-25(34)39-7-2)14-24-28(35)33-27(19-10-12-21(37-5)20(31)15-19)26(29(36)40-8-3)17(4)32-30(33)42-24/h9-15,27H,6-8,16H2,1-5H3/b24-14-/t27-/m0/s1. The molecule has 0 radical (unpaired) electrons. The summed E-state index contributed by atoms with van der Waals surface area (Å²) in [5.74, 6) is 0.392. The molecular formula is C30H31BrN2O8S. The molecule has 0 spiro atoms. The molecule has 0 saturated carbocycles. The number of esters is 2. The molecule has 4 rings (SSSR count). The molecular weight excluding hydrogens is 628 g/mol. The molecule has 0 unspecified atom stereocenters. The van der Waals surface area contributed by atoms with Crippen molar-refractivity contribution in [1.29, 1.82) is 0 Å². The van der Waals surface area contributed by atoms with Crippen molar-refractivity contribution in [2.45, 2.75) is 33.7 Å². The van der Waals surface area contributed by atoms with Crippen LogP contribution in [0.15, 0.2) is 61.9 Å². The summed E-state index contributed by atoms with van der Waals surface area (Å²) < 4.78 is 29.6. The Bertz CT molecular complexity index is 1710. The van der Waals surface area contributed by atoms with Gasteiger partial charge in [-0.25, -0.2) is 14.6 Å². The van der Waals surface area contributed by atoms with Crippen LogP contribution in [0.3, 0.4) is 0 Å². The molecule has 1 aliphatic rings. The van der Waals surface area contributed by atoms with Gasteiger partial charge in [-0.2, -0.15) is 0 Å². The first-order valence-electron chi connectivity index (χ1n) is 13.3. The van der Waals surface area contributed by atoms with E-state index < -0.39 is 18.0 Å². The van der Waals surface area contributed by atoms with Crippen LogP contribution >= 0.6 is 27.3 Å². The molecule has 10 nitrogen and oxygen atoms in total. The molecule has 0 aliphatic carbocycles. The maximum atomic E-state index is 13.9. The van der Waals surface area contributed by atoms with Crippen LogP contribution in [0.2, 0.25) is 0 Å². The minimum absolute atomic E-state index is 0.181. The van der Waals surface area contributed by atoms with Gasteiger partial charge in [-0.05, 0) is 85.1 Å². The largest absolute Gasteiger partial charge is 0.496 e. The summed E-state index contributed by atoms with van der Waals surface area (Å²) in [5, 5.41) is 0. The van der Waals surface area contributed by atoms with Crippen molar-refractivity contribution in [2.24, 2.45) is 4.99 Å². The van der Waals surface area contributed by atoms with Crippen LogP contribution in [0, 0.1) is 0 Å². The lowest BCUT2D eigenvalue weighted by Crippen LogP contribution is -2.39. The van der Waals surface area contributed by atoms with Gasteiger partial charge in [0.05, 0.1) is 53.2 Å². The fraction of sp³-hybridized carbons (Fsp3) is 0.333. The molecule has 2 aromatic carbocycles. The van der Waals surface area contributed by atoms with E-state index in [9.17, 15) is 14.4 Å². The first kappa shape index (κ1) is 31.0. The molecule has 0 fully saturated rings. The third kappa shape index (κ3) is 6.60. The highest BCUT2D eigenvalue weighted by Crippen LogP contribution is 2.35. The van der Waals surface area contributed by atoms with E-state index in [0.717, 1.165) is 0 Å². The van der Waals surface area contributed by atoms with E-state index in [4.69, 9.17) is 23.7 Å². The fourth-order valence-corrected chi connectivity index (χ4v) is 6.06. The Hall–Kier alpha value is -3.90.